The molecule has 0 bridgehead atoms. The topological polar surface area (TPSA) is 93.7 Å². The van der Waals surface area contributed by atoms with Gasteiger partial charge in [-0.15, -0.1) is 0 Å². The number of hydrogen-bond acceptors (Lipinski definition) is 9. The van der Waals surface area contributed by atoms with Gasteiger partial charge in [0, 0.05) is 31.2 Å². The average molecular weight is 487 g/mol. The van der Waals surface area contributed by atoms with Crippen molar-refractivity contribution in [3.05, 3.63) is 54.0 Å². The molecular weight excluding hydrogens is 458 g/mol. The highest BCUT2D eigenvalue weighted by Gasteiger charge is 2.22. The van der Waals surface area contributed by atoms with Crippen molar-refractivity contribution in [2.24, 2.45) is 0 Å². The lowest BCUT2D eigenvalue weighted by Crippen LogP contribution is -2.54. The molecule has 4 rings (SSSR count). The monoisotopic (exact) mass is 486 g/mol. The van der Waals surface area contributed by atoms with Crippen LogP contribution in [-0.2, 0) is 6.61 Å². The molecule has 1 fully saturated rings. The maximum atomic E-state index is 14.5. The largest absolute Gasteiger partial charge is 0.494 e. The maximum absolute atomic E-state index is 14.5. The lowest BCUT2D eigenvalue weighted by Gasteiger charge is -2.36. The molecule has 2 aromatic heterocycles. The summed E-state index contributed by atoms with van der Waals surface area (Å²) < 4.78 is 44.3. The van der Waals surface area contributed by atoms with E-state index in [1.165, 1.54) is 26.6 Å². The molecule has 0 amide bonds. The molecule has 2 N–H and O–H groups in total. The fourth-order valence-electron chi connectivity index (χ4n) is 3.96. The number of methoxy groups -OCH3 is 2. The highest BCUT2D eigenvalue weighted by atomic mass is 19.1. The molecule has 3 aromatic rings. The van der Waals surface area contributed by atoms with Crippen LogP contribution in [0.1, 0.15) is 19.4 Å². The average Bonchev–Trinajstić information content (AvgIpc) is 2.85. The van der Waals surface area contributed by atoms with Crippen LogP contribution in [0.2, 0.25) is 0 Å². The number of pyridine rings is 1. The van der Waals surface area contributed by atoms with Crippen molar-refractivity contribution >= 4 is 17.5 Å². The van der Waals surface area contributed by atoms with Gasteiger partial charge in [-0.05, 0) is 26.0 Å². The van der Waals surface area contributed by atoms with Crippen LogP contribution in [0.4, 0.5) is 26.2 Å². The van der Waals surface area contributed by atoms with E-state index in [4.69, 9.17) is 14.2 Å². The Bertz CT molecular complexity index is 1110. The summed E-state index contributed by atoms with van der Waals surface area (Å²) in [5, 5.41) is 6.58. The third-order valence-corrected chi connectivity index (χ3v) is 5.56. The normalized spacial score (nSPS) is 17.7. The molecular formula is C24H28F2N6O3. The Morgan fingerprint density at radius 3 is 2.14 bits per heavy atom. The second-order valence-corrected chi connectivity index (χ2v) is 8.32. The molecule has 2 atom stereocenters. The molecule has 0 radical (unpaired) electrons. The number of aromatic nitrogens is 3. The van der Waals surface area contributed by atoms with Crippen molar-refractivity contribution in [1.82, 2.24) is 20.3 Å². The molecule has 9 nitrogen and oxygen atoms in total. The fraction of sp³-hybridized carbons (Fsp3) is 0.375. The summed E-state index contributed by atoms with van der Waals surface area (Å²) in [6.07, 6.45) is 4.55. The van der Waals surface area contributed by atoms with E-state index in [1.54, 1.807) is 6.20 Å². The summed E-state index contributed by atoms with van der Waals surface area (Å²) in [4.78, 5) is 15.2. The van der Waals surface area contributed by atoms with Gasteiger partial charge in [-0.3, -0.25) is 0 Å². The fourth-order valence-corrected chi connectivity index (χ4v) is 3.96. The van der Waals surface area contributed by atoms with Gasteiger partial charge in [0.15, 0.2) is 28.9 Å². The summed E-state index contributed by atoms with van der Waals surface area (Å²) in [6.45, 7) is 5.71. The number of rotatable bonds is 8. The zero-order valence-corrected chi connectivity index (χ0v) is 20.0. The minimum absolute atomic E-state index is 0.141. The van der Waals surface area contributed by atoms with E-state index >= 15 is 0 Å². The van der Waals surface area contributed by atoms with Crippen molar-refractivity contribution in [3.63, 3.8) is 0 Å². The Kier molecular flexibility index (Phi) is 7.45. The molecule has 3 heterocycles. The Morgan fingerprint density at radius 1 is 0.971 bits per heavy atom. The highest BCUT2D eigenvalue weighted by Crippen LogP contribution is 2.32. The molecule has 0 saturated carbocycles. The third kappa shape index (κ3) is 5.68. The second kappa shape index (κ2) is 10.7. The molecule has 1 saturated heterocycles. The Hall–Kier alpha value is -3.73. The number of halogens is 2. The predicted molar refractivity (Wildman–Crippen MR) is 128 cm³/mol. The summed E-state index contributed by atoms with van der Waals surface area (Å²) in [5.41, 5.74) is 0.411. The molecule has 0 aliphatic carbocycles. The van der Waals surface area contributed by atoms with Crippen molar-refractivity contribution in [1.29, 1.82) is 0 Å². The van der Waals surface area contributed by atoms with Crippen LogP contribution >= 0.6 is 0 Å². The van der Waals surface area contributed by atoms with E-state index in [1.807, 2.05) is 12.1 Å². The number of benzene rings is 1. The van der Waals surface area contributed by atoms with Gasteiger partial charge in [-0.1, -0.05) is 0 Å². The molecule has 1 aromatic carbocycles. The van der Waals surface area contributed by atoms with Crippen molar-refractivity contribution in [3.8, 4) is 17.2 Å². The molecule has 186 valence electrons. The van der Waals surface area contributed by atoms with Crippen LogP contribution in [-0.4, -0.2) is 54.3 Å². The first-order valence-corrected chi connectivity index (χ1v) is 11.2. The predicted octanol–water partition coefficient (Wildman–Crippen LogP) is 3.68. The van der Waals surface area contributed by atoms with Gasteiger partial charge >= 0.3 is 0 Å². The minimum atomic E-state index is -0.856. The zero-order valence-electron chi connectivity index (χ0n) is 20.0. The zero-order chi connectivity index (χ0) is 24.9. The van der Waals surface area contributed by atoms with Crippen LogP contribution in [0.15, 0.2) is 36.8 Å². The van der Waals surface area contributed by atoms with E-state index in [2.05, 4.69) is 44.3 Å². The van der Waals surface area contributed by atoms with Gasteiger partial charge < -0.3 is 29.7 Å². The SMILES string of the molecule is COc1cc(OC)c(F)c(COc2cnc(Nc3ccc(N4C[C@@H](C)N[C@@H](C)C4)nc3)nc2)c1F. The number of piperazine rings is 1. The second-order valence-electron chi connectivity index (χ2n) is 8.32. The molecule has 1 aliphatic heterocycles. The first-order chi connectivity index (χ1) is 16.9. The molecule has 1 aliphatic rings. The van der Waals surface area contributed by atoms with Crippen molar-refractivity contribution in [2.75, 3.05) is 37.5 Å². The van der Waals surface area contributed by atoms with Crippen LogP contribution in [0.25, 0.3) is 0 Å². The van der Waals surface area contributed by atoms with Crippen molar-refractivity contribution in [2.45, 2.75) is 32.5 Å². The number of nitrogens with one attached hydrogen (secondary N) is 2. The standard InChI is InChI=1S/C24H28F2N6O3/c1-14-11-32(12-15(2)30-14)21-6-5-16(8-27-21)31-24-28-9-17(10-29-24)35-13-18-22(25)19(33-3)7-20(34-4)23(18)26/h5-10,14-15,30H,11-13H2,1-4H3,(H,28,29,31)/t14-,15+. The van der Waals surface area contributed by atoms with E-state index in [-0.39, 0.29) is 22.8 Å². The number of ether oxygens (including phenoxy) is 3. The smallest absolute Gasteiger partial charge is 0.227 e. The van der Waals surface area contributed by atoms with Crippen LogP contribution in [0.5, 0.6) is 17.2 Å². The van der Waals surface area contributed by atoms with Gasteiger partial charge in [0.1, 0.15) is 12.4 Å². The van der Waals surface area contributed by atoms with E-state index < -0.39 is 18.2 Å². The summed E-state index contributed by atoms with van der Waals surface area (Å²) >= 11 is 0. The Labute approximate surface area is 202 Å². The van der Waals surface area contributed by atoms with Crippen molar-refractivity contribution < 1.29 is 23.0 Å². The number of anilines is 3. The third-order valence-electron chi connectivity index (χ3n) is 5.56. The van der Waals surface area contributed by atoms with E-state index in [9.17, 15) is 8.78 Å². The summed E-state index contributed by atoms with van der Waals surface area (Å²) in [5.74, 6) is -0.509. The molecule has 0 unspecified atom stereocenters. The summed E-state index contributed by atoms with van der Waals surface area (Å²) in [7, 11) is 2.57. The lowest BCUT2D eigenvalue weighted by atomic mass is 10.1. The van der Waals surface area contributed by atoms with Gasteiger partial charge in [0.2, 0.25) is 5.95 Å². The quantitative estimate of drug-likeness (QED) is 0.495. The van der Waals surface area contributed by atoms with Gasteiger partial charge in [0.05, 0.1) is 44.1 Å². The highest BCUT2D eigenvalue weighted by molar-refractivity contribution is 5.55. The lowest BCUT2D eigenvalue weighted by molar-refractivity contribution is 0.280. The first kappa shape index (κ1) is 24.4. The van der Waals surface area contributed by atoms with E-state index in [0.717, 1.165) is 30.7 Å². The molecule has 11 heteroatoms. The molecule has 35 heavy (non-hydrogen) atoms. The number of nitrogens with zero attached hydrogens (tertiary/aromatic N) is 4. The maximum Gasteiger partial charge on any atom is 0.227 e. The first-order valence-electron chi connectivity index (χ1n) is 11.2. The number of hydrogen-bond donors (Lipinski definition) is 2. The van der Waals surface area contributed by atoms with Gasteiger partial charge in [-0.25, -0.2) is 23.7 Å². The minimum Gasteiger partial charge on any atom is -0.494 e. The Balaban J connectivity index is 1.38. The summed E-state index contributed by atoms with van der Waals surface area (Å²) in [6, 6.07) is 5.80. The Morgan fingerprint density at radius 2 is 1.60 bits per heavy atom. The van der Waals surface area contributed by atoms with Crippen LogP contribution in [0, 0.1) is 11.6 Å². The molecule has 0 spiro atoms. The van der Waals surface area contributed by atoms with E-state index in [0.29, 0.717) is 18.0 Å². The van der Waals surface area contributed by atoms with Gasteiger partial charge in [0.25, 0.3) is 0 Å². The van der Waals surface area contributed by atoms with Crippen LogP contribution in [0.3, 0.4) is 0 Å². The van der Waals surface area contributed by atoms with Crippen LogP contribution < -0.4 is 29.7 Å². The van der Waals surface area contributed by atoms with Gasteiger partial charge in [-0.2, -0.15) is 0 Å².